The van der Waals surface area contributed by atoms with E-state index < -0.39 is 0 Å². The average molecular weight is 180 g/mol. The topological polar surface area (TPSA) is 43.4 Å². The first-order valence-corrected chi connectivity index (χ1v) is 4.89. The molecule has 0 aromatic heterocycles. The summed E-state index contributed by atoms with van der Waals surface area (Å²) in [5, 5.41) is 0. The van der Waals surface area contributed by atoms with E-state index >= 15 is 0 Å². The number of carbonyl (C=O) groups is 2. The van der Waals surface area contributed by atoms with Crippen molar-refractivity contribution in [1.82, 2.24) is 0 Å². The van der Waals surface area contributed by atoms with E-state index in [0.29, 0.717) is 11.8 Å². The van der Waals surface area contributed by atoms with Gasteiger partial charge in [-0.1, -0.05) is 0 Å². The highest BCUT2D eigenvalue weighted by atomic mass is 16.6. The van der Waals surface area contributed by atoms with Crippen LogP contribution in [0.4, 0.5) is 0 Å². The van der Waals surface area contributed by atoms with Crippen LogP contribution in [0.1, 0.15) is 19.8 Å². The van der Waals surface area contributed by atoms with Crippen LogP contribution in [-0.2, 0) is 14.3 Å². The van der Waals surface area contributed by atoms with Gasteiger partial charge in [0, 0.05) is 11.8 Å². The van der Waals surface area contributed by atoms with Crippen LogP contribution < -0.4 is 0 Å². The zero-order chi connectivity index (χ0) is 9.16. The van der Waals surface area contributed by atoms with Gasteiger partial charge in [-0.25, -0.2) is 0 Å². The Balaban J connectivity index is 2.01. The minimum atomic E-state index is -0.116. The van der Waals surface area contributed by atoms with Crippen LogP contribution in [0.5, 0.6) is 0 Å². The van der Waals surface area contributed by atoms with E-state index in [4.69, 9.17) is 4.74 Å². The molecule has 0 spiro atoms. The highest BCUT2D eigenvalue weighted by Crippen LogP contribution is 2.57. The van der Waals surface area contributed by atoms with Crippen molar-refractivity contribution < 1.29 is 14.3 Å². The number of ether oxygens (including phenoxy) is 1. The molecule has 70 valence electrons. The molecule has 2 bridgehead atoms. The molecule has 3 heteroatoms. The van der Waals surface area contributed by atoms with Gasteiger partial charge in [-0.05, 0) is 25.7 Å². The van der Waals surface area contributed by atoms with Gasteiger partial charge in [-0.2, -0.15) is 0 Å². The summed E-state index contributed by atoms with van der Waals surface area (Å²) in [5.74, 6) is 0.762. The second-order valence-electron chi connectivity index (χ2n) is 4.53. The fourth-order valence-corrected chi connectivity index (χ4v) is 3.57. The summed E-state index contributed by atoms with van der Waals surface area (Å²) in [5.41, 5.74) is 0. The fraction of sp³-hybridized carbons (Fsp3) is 0.800. The fourth-order valence-electron chi connectivity index (χ4n) is 3.57. The number of ketones is 1. The summed E-state index contributed by atoms with van der Waals surface area (Å²) in [4.78, 5) is 22.8. The second kappa shape index (κ2) is 2.14. The minimum Gasteiger partial charge on any atom is -0.462 e. The van der Waals surface area contributed by atoms with Gasteiger partial charge in [0.1, 0.15) is 11.9 Å². The van der Waals surface area contributed by atoms with Gasteiger partial charge in [0.15, 0.2) is 0 Å². The molecule has 3 aliphatic rings. The molecule has 5 atom stereocenters. The van der Waals surface area contributed by atoms with Crippen molar-refractivity contribution in [2.24, 2.45) is 23.7 Å². The zero-order valence-electron chi connectivity index (χ0n) is 7.53. The molecule has 1 saturated heterocycles. The van der Waals surface area contributed by atoms with Crippen LogP contribution in [0.25, 0.3) is 0 Å². The first-order chi connectivity index (χ1) is 6.18. The first kappa shape index (κ1) is 7.54. The molecule has 5 unspecified atom stereocenters. The Hall–Kier alpha value is -0.860. The van der Waals surface area contributed by atoms with Crippen molar-refractivity contribution in [3.05, 3.63) is 0 Å². The van der Waals surface area contributed by atoms with Crippen LogP contribution in [0.3, 0.4) is 0 Å². The molecular formula is C10H12O3. The minimum absolute atomic E-state index is 0.0174. The van der Waals surface area contributed by atoms with Crippen molar-refractivity contribution in [2.75, 3.05) is 0 Å². The third-order valence-electron chi connectivity index (χ3n) is 3.95. The molecule has 0 aromatic carbocycles. The normalized spacial score (nSPS) is 51.2. The van der Waals surface area contributed by atoms with Crippen molar-refractivity contribution in [3.63, 3.8) is 0 Å². The predicted molar refractivity (Wildman–Crippen MR) is 43.8 cm³/mol. The van der Waals surface area contributed by atoms with Crippen molar-refractivity contribution >= 4 is 11.8 Å². The van der Waals surface area contributed by atoms with E-state index in [1.54, 1.807) is 6.92 Å². The first-order valence-electron chi connectivity index (χ1n) is 4.89. The zero-order valence-corrected chi connectivity index (χ0v) is 7.53. The van der Waals surface area contributed by atoms with Crippen LogP contribution in [0.2, 0.25) is 0 Å². The van der Waals surface area contributed by atoms with Crippen molar-refractivity contribution in [2.45, 2.75) is 25.9 Å². The highest BCUT2D eigenvalue weighted by molar-refractivity contribution is 5.88. The molecule has 1 heterocycles. The largest absolute Gasteiger partial charge is 0.462 e. The molecule has 3 nitrogen and oxygen atoms in total. The summed E-state index contributed by atoms with van der Waals surface area (Å²) in [6.45, 7) is 1.60. The van der Waals surface area contributed by atoms with Crippen LogP contribution in [0, 0.1) is 23.7 Å². The van der Waals surface area contributed by atoms with Gasteiger partial charge in [0.25, 0.3) is 0 Å². The number of carbonyl (C=O) groups excluding carboxylic acids is 2. The lowest BCUT2D eigenvalue weighted by atomic mass is 9.78. The third kappa shape index (κ3) is 0.754. The molecule has 0 aromatic rings. The molecule has 0 amide bonds. The van der Waals surface area contributed by atoms with Gasteiger partial charge in [-0.15, -0.1) is 0 Å². The van der Waals surface area contributed by atoms with Gasteiger partial charge in [0.05, 0.1) is 5.92 Å². The van der Waals surface area contributed by atoms with Crippen LogP contribution >= 0.6 is 0 Å². The summed E-state index contributed by atoms with van der Waals surface area (Å²) < 4.78 is 5.23. The Morgan fingerprint density at radius 3 is 2.92 bits per heavy atom. The van der Waals surface area contributed by atoms with E-state index in [-0.39, 0.29) is 29.7 Å². The van der Waals surface area contributed by atoms with E-state index in [1.165, 1.54) is 0 Å². The smallest absolute Gasteiger partial charge is 0.310 e. The number of hydrogen-bond donors (Lipinski definition) is 0. The SMILES string of the molecule is CC(=O)C1C2CC3OC(=O)C1C3C2. The number of hydrogen-bond acceptors (Lipinski definition) is 3. The number of rotatable bonds is 1. The number of esters is 1. The lowest BCUT2D eigenvalue weighted by Gasteiger charge is -2.21. The maximum atomic E-state index is 11.4. The Kier molecular flexibility index (Phi) is 1.24. The van der Waals surface area contributed by atoms with Crippen molar-refractivity contribution in [3.8, 4) is 0 Å². The van der Waals surface area contributed by atoms with Gasteiger partial charge >= 0.3 is 5.97 Å². The quantitative estimate of drug-likeness (QED) is 0.560. The van der Waals surface area contributed by atoms with E-state index in [9.17, 15) is 9.59 Å². The molecule has 3 fully saturated rings. The number of Topliss-reactive ketones (excluding diaryl/α,β-unsaturated/α-hetero) is 1. The summed E-state index contributed by atoms with van der Waals surface area (Å²) in [7, 11) is 0. The van der Waals surface area contributed by atoms with Gasteiger partial charge in [0.2, 0.25) is 0 Å². The maximum Gasteiger partial charge on any atom is 0.310 e. The molecule has 1 aliphatic heterocycles. The Labute approximate surface area is 76.4 Å². The molecule has 0 N–H and O–H groups in total. The predicted octanol–water partition coefficient (Wildman–Crippen LogP) is 0.773. The summed E-state index contributed by atoms with van der Waals surface area (Å²) in [6, 6.07) is 0. The molecule has 2 aliphatic carbocycles. The maximum absolute atomic E-state index is 11.4. The van der Waals surface area contributed by atoms with Gasteiger partial charge < -0.3 is 4.74 Å². The average Bonchev–Trinajstić information content (AvgIpc) is 2.60. The second-order valence-corrected chi connectivity index (χ2v) is 4.53. The van der Waals surface area contributed by atoms with E-state index in [0.717, 1.165) is 12.8 Å². The highest BCUT2D eigenvalue weighted by Gasteiger charge is 2.62. The summed E-state index contributed by atoms with van der Waals surface area (Å²) in [6.07, 6.45) is 2.11. The Bertz CT molecular complexity index is 295. The standard InChI is InChI=1S/C10H12O3/c1-4(11)8-5-2-6-7(3-5)13-10(12)9(6)8/h5-9H,2-3H2,1H3. The van der Waals surface area contributed by atoms with Crippen LogP contribution in [0.15, 0.2) is 0 Å². The summed E-state index contributed by atoms with van der Waals surface area (Å²) >= 11 is 0. The Morgan fingerprint density at radius 1 is 1.46 bits per heavy atom. The van der Waals surface area contributed by atoms with E-state index in [2.05, 4.69) is 0 Å². The molecular weight excluding hydrogens is 168 g/mol. The van der Waals surface area contributed by atoms with Crippen LogP contribution in [-0.4, -0.2) is 17.9 Å². The Morgan fingerprint density at radius 2 is 2.23 bits per heavy atom. The third-order valence-corrected chi connectivity index (χ3v) is 3.95. The number of fused-ring (bicyclic) bond motifs is 1. The van der Waals surface area contributed by atoms with Crippen molar-refractivity contribution in [1.29, 1.82) is 0 Å². The van der Waals surface area contributed by atoms with E-state index in [1.807, 2.05) is 0 Å². The molecule has 2 saturated carbocycles. The molecule has 13 heavy (non-hydrogen) atoms. The molecule has 3 rings (SSSR count). The molecule has 0 radical (unpaired) electrons. The monoisotopic (exact) mass is 180 g/mol. The lowest BCUT2D eigenvalue weighted by molar-refractivity contribution is -0.145. The van der Waals surface area contributed by atoms with Gasteiger partial charge in [-0.3, -0.25) is 9.59 Å². The lowest BCUT2D eigenvalue weighted by Crippen LogP contribution is -2.30.